The third kappa shape index (κ3) is 3.24. The third-order valence-corrected chi connectivity index (χ3v) is 4.38. The van der Waals surface area contributed by atoms with Crippen LogP contribution in [-0.4, -0.2) is 62.0 Å². The predicted octanol–water partition coefficient (Wildman–Crippen LogP) is 1.65. The summed E-state index contributed by atoms with van der Waals surface area (Å²) < 4.78 is 19.0. The number of piperazine rings is 1. The molecule has 0 spiro atoms. The summed E-state index contributed by atoms with van der Waals surface area (Å²) in [4.78, 5) is 17.3. The van der Waals surface area contributed by atoms with Crippen LogP contribution in [0, 0.1) is 11.7 Å². The van der Waals surface area contributed by atoms with Crippen LogP contribution in [-0.2, 0) is 0 Å². The van der Waals surface area contributed by atoms with E-state index in [0.29, 0.717) is 24.3 Å². The minimum Gasteiger partial charge on any atom is -0.493 e. The second-order valence-corrected chi connectivity index (χ2v) is 5.94. The number of halogens is 1. The molecule has 4 nitrogen and oxygen atoms in total. The number of rotatable bonds is 2. The lowest BCUT2D eigenvalue weighted by Crippen LogP contribution is -2.47. The first-order valence-corrected chi connectivity index (χ1v) is 7.51. The summed E-state index contributed by atoms with van der Waals surface area (Å²) in [6.45, 7) is 5.29. The highest BCUT2D eigenvalue weighted by Gasteiger charge is 2.29. The van der Waals surface area contributed by atoms with E-state index in [4.69, 9.17) is 4.74 Å². The molecule has 5 heteroatoms. The lowest BCUT2D eigenvalue weighted by atomic mass is 9.94. The fourth-order valence-corrected chi connectivity index (χ4v) is 3.00. The quantitative estimate of drug-likeness (QED) is 0.830. The van der Waals surface area contributed by atoms with Gasteiger partial charge in [-0.05, 0) is 31.7 Å². The van der Waals surface area contributed by atoms with E-state index in [2.05, 4.69) is 16.8 Å². The maximum atomic E-state index is 13.4. The lowest BCUT2D eigenvalue weighted by Gasteiger charge is -2.34. The van der Waals surface area contributed by atoms with Crippen molar-refractivity contribution in [1.29, 1.82) is 0 Å². The average Bonchev–Trinajstić information content (AvgIpc) is 2.62. The van der Waals surface area contributed by atoms with Crippen molar-refractivity contribution in [2.24, 2.45) is 5.92 Å². The molecule has 1 saturated heterocycles. The number of fused-ring (bicyclic) bond motifs is 1. The van der Waals surface area contributed by atoms with Gasteiger partial charge in [0.1, 0.15) is 11.6 Å². The molecule has 0 aromatic heterocycles. The SMILES string of the molecule is CN1CCN(CC2CCOc3ccc(F)cc3C2=O)CC1. The van der Waals surface area contributed by atoms with Crippen molar-refractivity contribution in [3.05, 3.63) is 29.6 Å². The molecule has 21 heavy (non-hydrogen) atoms. The minimum atomic E-state index is -0.383. The minimum absolute atomic E-state index is 0.0147. The zero-order valence-electron chi connectivity index (χ0n) is 12.3. The summed E-state index contributed by atoms with van der Waals surface area (Å²) in [6, 6.07) is 4.20. The number of Topliss-reactive ketones (excluding diaryl/α,β-unsaturated/α-hetero) is 1. The zero-order chi connectivity index (χ0) is 14.8. The Labute approximate surface area is 124 Å². The molecule has 1 atom stereocenters. The Morgan fingerprint density at radius 1 is 1.29 bits per heavy atom. The molecule has 0 bridgehead atoms. The summed E-state index contributed by atoms with van der Waals surface area (Å²) in [5.41, 5.74) is 0.395. The molecule has 0 saturated carbocycles. The molecule has 2 heterocycles. The van der Waals surface area contributed by atoms with Crippen LogP contribution in [0.15, 0.2) is 18.2 Å². The van der Waals surface area contributed by atoms with Crippen LogP contribution in [0.25, 0.3) is 0 Å². The van der Waals surface area contributed by atoms with Gasteiger partial charge in [-0.3, -0.25) is 4.79 Å². The van der Waals surface area contributed by atoms with Crippen LogP contribution in [0.5, 0.6) is 5.75 Å². The van der Waals surface area contributed by atoms with E-state index < -0.39 is 0 Å². The van der Waals surface area contributed by atoms with Crippen LogP contribution < -0.4 is 4.74 Å². The number of carbonyl (C=O) groups is 1. The van der Waals surface area contributed by atoms with Crippen molar-refractivity contribution in [2.45, 2.75) is 6.42 Å². The van der Waals surface area contributed by atoms with Gasteiger partial charge in [0.15, 0.2) is 5.78 Å². The summed E-state index contributed by atoms with van der Waals surface area (Å²) in [6.07, 6.45) is 0.696. The molecule has 0 radical (unpaired) electrons. The Kier molecular flexibility index (Phi) is 4.22. The molecule has 0 N–H and O–H groups in total. The summed E-state index contributed by atoms with van der Waals surface area (Å²) >= 11 is 0. The zero-order valence-corrected chi connectivity index (χ0v) is 12.3. The number of hydrogen-bond donors (Lipinski definition) is 0. The van der Waals surface area contributed by atoms with E-state index in [1.165, 1.54) is 12.1 Å². The monoisotopic (exact) mass is 292 g/mol. The van der Waals surface area contributed by atoms with E-state index in [1.807, 2.05) is 0 Å². The van der Waals surface area contributed by atoms with E-state index in [-0.39, 0.29) is 17.5 Å². The lowest BCUT2D eigenvalue weighted by molar-refractivity contribution is 0.0825. The Bertz CT molecular complexity index is 527. The Morgan fingerprint density at radius 2 is 2.05 bits per heavy atom. The summed E-state index contributed by atoms with van der Waals surface area (Å²) in [5, 5.41) is 0. The van der Waals surface area contributed by atoms with Gasteiger partial charge >= 0.3 is 0 Å². The molecule has 1 aromatic carbocycles. The standard InChI is InChI=1S/C16H21FN2O2/c1-18-5-7-19(8-6-18)11-12-4-9-21-15-3-2-13(17)10-14(15)16(12)20/h2-3,10,12H,4-9,11H2,1H3. The highest BCUT2D eigenvalue weighted by atomic mass is 19.1. The van der Waals surface area contributed by atoms with E-state index >= 15 is 0 Å². The Morgan fingerprint density at radius 3 is 2.81 bits per heavy atom. The van der Waals surface area contributed by atoms with Crippen LogP contribution in [0.4, 0.5) is 4.39 Å². The summed E-state index contributed by atoms with van der Waals surface area (Å²) in [7, 11) is 2.11. The van der Waals surface area contributed by atoms with Gasteiger partial charge < -0.3 is 14.5 Å². The van der Waals surface area contributed by atoms with Gasteiger partial charge in [0.05, 0.1) is 12.2 Å². The topological polar surface area (TPSA) is 32.8 Å². The fourth-order valence-electron chi connectivity index (χ4n) is 3.00. The molecule has 1 aromatic rings. The number of hydrogen-bond acceptors (Lipinski definition) is 4. The fraction of sp³-hybridized carbons (Fsp3) is 0.562. The number of likely N-dealkylation sites (N-methyl/N-ethyl adjacent to an activating group) is 1. The van der Waals surface area contributed by atoms with Crippen molar-refractivity contribution >= 4 is 5.78 Å². The molecule has 3 rings (SSSR count). The molecule has 2 aliphatic heterocycles. The van der Waals surface area contributed by atoms with E-state index in [1.54, 1.807) is 6.07 Å². The molecule has 1 unspecified atom stereocenters. The van der Waals surface area contributed by atoms with Gasteiger partial charge in [0.25, 0.3) is 0 Å². The van der Waals surface area contributed by atoms with Crippen LogP contribution in [0.2, 0.25) is 0 Å². The molecule has 114 valence electrons. The van der Waals surface area contributed by atoms with E-state index in [9.17, 15) is 9.18 Å². The molecule has 2 aliphatic rings. The normalized spacial score (nSPS) is 24.3. The van der Waals surface area contributed by atoms with E-state index in [0.717, 1.165) is 32.7 Å². The number of nitrogens with zero attached hydrogens (tertiary/aromatic N) is 2. The van der Waals surface area contributed by atoms with Crippen molar-refractivity contribution in [1.82, 2.24) is 9.80 Å². The number of ketones is 1. The first-order chi connectivity index (χ1) is 10.1. The van der Waals surface area contributed by atoms with Crippen molar-refractivity contribution in [2.75, 3.05) is 46.4 Å². The third-order valence-electron chi connectivity index (χ3n) is 4.38. The van der Waals surface area contributed by atoms with Crippen LogP contribution in [0.3, 0.4) is 0 Å². The molecular formula is C16H21FN2O2. The van der Waals surface area contributed by atoms with Gasteiger partial charge in [-0.1, -0.05) is 0 Å². The largest absolute Gasteiger partial charge is 0.493 e. The summed E-state index contributed by atoms with van der Waals surface area (Å²) in [5.74, 6) is 0.0469. The highest BCUT2D eigenvalue weighted by molar-refractivity contribution is 6.00. The average molecular weight is 292 g/mol. The molecule has 0 aliphatic carbocycles. The van der Waals surface area contributed by atoms with Crippen LogP contribution in [0.1, 0.15) is 16.8 Å². The van der Waals surface area contributed by atoms with Crippen molar-refractivity contribution in [3.63, 3.8) is 0 Å². The van der Waals surface area contributed by atoms with Gasteiger partial charge in [-0.25, -0.2) is 4.39 Å². The molecule has 1 fully saturated rings. The predicted molar refractivity (Wildman–Crippen MR) is 78.3 cm³/mol. The smallest absolute Gasteiger partial charge is 0.171 e. The Balaban J connectivity index is 1.73. The van der Waals surface area contributed by atoms with Gasteiger partial charge in [0, 0.05) is 38.6 Å². The van der Waals surface area contributed by atoms with Gasteiger partial charge in [0.2, 0.25) is 0 Å². The Hall–Kier alpha value is -1.46. The maximum absolute atomic E-state index is 13.4. The van der Waals surface area contributed by atoms with Gasteiger partial charge in [-0.2, -0.15) is 0 Å². The number of carbonyl (C=O) groups excluding carboxylic acids is 1. The van der Waals surface area contributed by atoms with Crippen molar-refractivity contribution in [3.8, 4) is 5.75 Å². The highest BCUT2D eigenvalue weighted by Crippen LogP contribution is 2.28. The maximum Gasteiger partial charge on any atom is 0.171 e. The van der Waals surface area contributed by atoms with Crippen molar-refractivity contribution < 1.29 is 13.9 Å². The first kappa shape index (κ1) is 14.5. The van der Waals surface area contributed by atoms with Gasteiger partial charge in [-0.15, -0.1) is 0 Å². The molecule has 0 amide bonds. The second kappa shape index (κ2) is 6.12. The second-order valence-electron chi connectivity index (χ2n) is 5.94. The first-order valence-electron chi connectivity index (χ1n) is 7.51. The number of benzene rings is 1. The number of ether oxygens (including phenoxy) is 1. The van der Waals surface area contributed by atoms with Crippen LogP contribution >= 0.6 is 0 Å². The molecular weight excluding hydrogens is 271 g/mol.